The number of unbranched alkanes of at least 4 members (excludes halogenated alkanes) is 7. The summed E-state index contributed by atoms with van der Waals surface area (Å²) < 4.78 is 5.55. The van der Waals surface area contributed by atoms with Crippen LogP contribution in [0.3, 0.4) is 0 Å². The van der Waals surface area contributed by atoms with Crippen LogP contribution in [0.15, 0.2) is 42.5 Å². The third kappa shape index (κ3) is 13.1. The molecule has 0 saturated heterocycles. The van der Waals surface area contributed by atoms with Crippen molar-refractivity contribution in [2.75, 3.05) is 13.1 Å². The maximum absolute atomic E-state index is 14.7. The van der Waals surface area contributed by atoms with E-state index >= 15 is 0 Å². The summed E-state index contributed by atoms with van der Waals surface area (Å²) in [6.07, 6.45) is 8.53. The van der Waals surface area contributed by atoms with E-state index in [-0.39, 0.29) is 24.0 Å². The van der Waals surface area contributed by atoms with E-state index in [1.54, 1.807) is 49.9 Å². The number of rotatable bonds is 18. The van der Waals surface area contributed by atoms with Crippen LogP contribution >= 0.6 is 0 Å². The number of nitrogens with one attached hydrogen (secondary N) is 2. The molecule has 2 aromatic rings. The Morgan fingerprint density at radius 3 is 2.13 bits per heavy atom. The van der Waals surface area contributed by atoms with Crippen molar-refractivity contribution in [2.45, 2.75) is 130 Å². The van der Waals surface area contributed by atoms with E-state index in [1.165, 1.54) is 6.42 Å². The topological polar surface area (TPSA) is 108 Å². The van der Waals surface area contributed by atoms with Gasteiger partial charge in [0.25, 0.3) is 0 Å². The Morgan fingerprint density at radius 1 is 0.867 bits per heavy atom. The molecule has 0 aliphatic carbocycles. The second-order valence-electron chi connectivity index (χ2n) is 13.1. The fourth-order valence-corrected chi connectivity index (χ4v) is 5.35. The zero-order valence-electron chi connectivity index (χ0n) is 28.7. The minimum Gasteiger partial charge on any atom is -0.508 e. The summed E-state index contributed by atoms with van der Waals surface area (Å²) in [5, 5.41) is 15.8. The zero-order chi connectivity index (χ0) is 33.4. The summed E-state index contributed by atoms with van der Waals surface area (Å²) in [5.41, 5.74) is 2.78. The van der Waals surface area contributed by atoms with Crippen LogP contribution in [0.1, 0.15) is 121 Å². The number of phenolic OH excluding ortho intramolecular Hbond substituents is 1. The zero-order valence-corrected chi connectivity index (χ0v) is 28.7. The molecule has 45 heavy (non-hydrogen) atoms. The first-order valence-corrected chi connectivity index (χ1v) is 16.8. The van der Waals surface area contributed by atoms with Crippen LogP contribution in [0.2, 0.25) is 0 Å². The molecule has 0 fully saturated rings. The standard InChI is InChI=1S/C37H57N3O5/c1-8-10-12-13-14-16-25-40(33(34(42)38-24-15-11-9-2)31-19-17-18-27(3)28(31)4)35(43)32(39-36(44)45-37(5,6)7)26-29-20-22-30(41)23-21-29/h17-23,32-33,41H,8-16,24-26H2,1-7H3,(H,38,42)(H,39,44). The number of aromatic hydroxyl groups is 1. The number of nitrogens with zero attached hydrogens (tertiary/aromatic N) is 1. The number of alkyl carbamates (subject to hydrolysis) is 1. The molecule has 0 bridgehead atoms. The lowest BCUT2D eigenvalue weighted by Gasteiger charge is -2.35. The molecule has 0 radical (unpaired) electrons. The smallest absolute Gasteiger partial charge is 0.408 e. The molecule has 2 aromatic carbocycles. The Kier molecular flexibility index (Phi) is 16.0. The lowest BCUT2D eigenvalue weighted by molar-refractivity contribution is -0.142. The van der Waals surface area contributed by atoms with Crippen molar-refractivity contribution in [2.24, 2.45) is 0 Å². The van der Waals surface area contributed by atoms with Gasteiger partial charge in [0.1, 0.15) is 23.4 Å². The fourth-order valence-electron chi connectivity index (χ4n) is 5.35. The summed E-state index contributed by atoms with van der Waals surface area (Å²) in [5.74, 6) is -0.460. The van der Waals surface area contributed by atoms with Gasteiger partial charge in [-0.15, -0.1) is 0 Å². The van der Waals surface area contributed by atoms with Crippen LogP contribution in [0.5, 0.6) is 5.75 Å². The van der Waals surface area contributed by atoms with E-state index in [0.29, 0.717) is 13.1 Å². The van der Waals surface area contributed by atoms with E-state index in [0.717, 1.165) is 73.6 Å². The predicted octanol–water partition coefficient (Wildman–Crippen LogP) is 7.68. The molecular weight excluding hydrogens is 566 g/mol. The van der Waals surface area contributed by atoms with Crippen molar-refractivity contribution >= 4 is 17.9 Å². The molecule has 3 amide bonds. The highest BCUT2D eigenvalue weighted by molar-refractivity contribution is 5.92. The van der Waals surface area contributed by atoms with Crippen LogP contribution in [-0.2, 0) is 20.7 Å². The number of hydrogen-bond donors (Lipinski definition) is 3. The first-order chi connectivity index (χ1) is 21.4. The third-order valence-electron chi connectivity index (χ3n) is 7.98. The molecule has 8 heteroatoms. The molecule has 0 aliphatic rings. The summed E-state index contributed by atoms with van der Waals surface area (Å²) in [6.45, 7) is 14.5. The lowest BCUT2D eigenvalue weighted by Crippen LogP contribution is -2.54. The Labute approximate surface area is 271 Å². The second kappa shape index (κ2) is 19.1. The van der Waals surface area contributed by atoms with E-state index in [4.69, 9.17) is 4.74 Å². The van der Waals surface area contributed by atoms with Gasteiger partial charge in [0.05, 0.1) is 0 Å². The summed E-state index contributed by atoms with van der Waals surface area (Å²) >= 11 is 0. The van der Waals surface area contributed by atoms with Gasteiger partial charge in [-0.25, -0.2) is 4.79 Å². The Morgan fingerprint density at radius 2 is 1.49 bits per heavy atom. The van der Waals surface area contributed by atoms with E-state index in [2.05, 4.69) is 24.5 Å². The second-order valence-corrected chi connectivity index (χ2v) is 13.1. The predicted molar refractivity (Wildman–Crippen MR) is 181 cm³/mol. The highest BCUT2D eigenvalue weighted by Gasteiger charge is 2.37. The molecule has 8 nitrogen and oxygen atoms in total. The SMILES string of the molecule is CCCCCCCCN(C(=O)C(Cc1ccc(O)cc1)NC(=O)OC(C)(C)C)C(C(=O)NCCCCC)c1cccc(C)c1C. The highest BCUT2D eigenvalue weighted by atomic mass is 16.6. The maximum atomic E-state index is 14.7. The molecule has 0 aromatic heterocycles. The monoisotopic (exact) mass is 623 g/mol. The number of benzene rings is 2. The van der Waals surface area contributed by atoms with Crippen molar-refractivity contribution in [3.8, 4) is 5.75 Å². The molecule has 2 atom stereocenters. The van der Waals surface area contributed by atoms with Crippen LogP contribution in [0, 0.1) is 13.8 Å². The molecule has 2 unspecified atom stereocenters. The minimum absolute atomic E-state index is 0.112. The fraction of sp³-hybridized carbons (Fsp3) is 0.595. The van der Waals surface area contributed by atoms with Gasteiger partial charge in [0, 0.05) is 19.5 Å². The average Bonchev–Trinajstić information content (AvgIpc) is 2.97. The van der Waals surface area contributed by atoms with Gasteiger partial charge in [-0.2, -0.15) is 0 Å². The molecular formula is C37H57N3O5. The molecule has 0 heterocycles. The van der Waals surface area contributed by atoms with Crippen molar-refractivity contribution < 1.29 is 24.2 Å². The van der Waals surface area contributed by atoms with Crippen LogP contribution in [-0.4, -0.2) is 52.6 Å². The first kappa shape index (κ1) is 37.6. The van der Waals surface area contributed by atoms with Gasteiger partial charge in [0.15, 0.2) is 0 Å². The quantitative estimate of drug-likeness (QED) is 0.148. The Balaban J connectivity index is 2.56. The molecule has 3 N–H and O–H groups in total. The van der Waals surface area contributed by atoms with E-state index in [1.807, 2.05) is 32.0 Å². The first-order valence-electron chi connectivity index (χ1n) is 16.8. The van der Waals surface area contributed by atoms with Crippen molar-refractivity contribution in [1.82, 2.24) is 15.5 Å². The van der Waals surface area contributed by atoms with Crippen molar-refractivity contribution in [3.63, 3.8) is 0 Å². The maximum Gasteiger partial charge on any atom is 0.408 e. The number of ether oxygens (including phenoxy) is 1. The number of amides is 3. The highest BCUT2D eigenvalue weighted by Crippen LogP contribution is 2.28. The average molecular weight is 624 g/mol. The molecule has 250 valence electrons. The molecule has 2 rings (SSSR count). The van der Waals surface area contributed by atoms with E-state index < -0.39 is 23.8 Å². The van der Waals surface area contributed by atoms with Gasteiger partial charge in [0.2, 0.25) is 11.8 Å². The normalized spacial score (nSPS) is 12.7. The number of aryl methyl sites for hydroxylation is 1. The summed E-state index contributed by atoms with van der Waals surface area (Å²) in [4.78, 5) is 43.5. The van der Waals surface area contributed by atoms with Gasteiger partial charge in [-0.1, -0.05) is 89.1 Å². The van der Waals surface area contributed by atoms with Gasteiger partial charge in [-0.05, 0) is 81.8 Å². The Bertz CT molecular complexity index is 1210. The molecule has 0 spiro atoms. The summed E-state index contributed by atoms with van der Waals surface area (Å²) in [6, 6.07) is 10.6. The number of carbonyl (C=O) groups is 3. The minimum atomic E-state index is -0.995. The number of hydrogen-bond acceptors (Lipinski definition) is 5. The largest absolute Gasteiger partial charge is 0.508 e. The van der Waals surface area contributed by atoms with Gasteiger partial charge in [-0.3, -0.25) is 9.59 Å². The lowest BCUT2D eigenvalue weighted by atomic mass is 9.94. The van der Waals surface area contributed by atoms with E-state index in [9.17, 15) is 19.5 Å². The van der Waals surface area contributed by atoms with Gasteiger partial charge >= 0.3 is 6.09 Å². The van der Waals surface area contributed by atoms with Crippen LogP contribution < -0.4 is 10.6 Å². The molecule has 0 saturated carbocycles. The van der Waals surface area contributed by atoms with Crippen molar-refractivity contribution in [1.29, 1.82) is 0 Å². The molecule has 0 aliphatic heterocycles. The number of carbonyl (C=O) groups excluding carboxylic acids is 3. The summed E-state index contributed by atoms with van der Waals surface area (Å²) in [7, 11) is 0. The van der Waals surface area contributed by atoms with Crippen LogP contribution in [0.25, 0.3) is 0 Å². The number of phenols is 1. The Hall–Kier alpha value is -3.55. The van der Waals surface area contributed by atoms with Gasteiger partial charge < -0.3 is 25.4 Å². The van der Waals surface area contributed by atoms with Crippen molar-refractivity contribution in [3.05, 3.63) is 64.7 Å². The third-order valence-corrected chi connectivity index (χ3v) is 7.98. The van der Waals surface area contributed by atoms with Crippen LogP contribution in [0.4, 0.5) is 4.79 Å².